The summed E-state index contributed by atoms with van der Waals surface area (Å²) in [6.07, 6.45) is 3.68. The van der Waals surface area contributed by atoms with Crippen LogP contribution in [0, 0.1) is 12.8 Å². The molecular weight excluding hydrogens is 412 g/mol. The Morgan fingerprint density at radius 2 is 1.82 bits per heavy atom. The van der Waals surface area contributed by atoms with Crippen molar-refractivity contribution in [2.75, 3.05) is 31.1 Å². The number of anilines is 1. The third-order valence-electron chi connectivity index (χ3n) is 6.17. The molecule has 1 saturated heterocycles. The van der Waals surface area contributed by atoms with E-state index in [-0.39, 0.29) is 0 Å². The normalized spacial score (nSPS) is 15.5. The van der Waals surface area contributed by atoms with Gasteiger partial charge in [0.05, 0.1) is 29.6 Å². The van der Waals surface area contributed by atoms with Crippen LogP contribution in [0.5, 0.6) is 0 Å². The van der Waals surface area contributed by atoms with Crippen LogP contribution in [-0.4, -0.2) is 50.8 Å². The lowest BCUT2D eigenvalue weighted by molar-refractivity contribution is 0.260. The zero-order valence-corrected chi connectivity index (χ0v) is 19.7. The molecule has 0 atom stereocenters. The summed E-state index contributed by atoms with van der Waals surface area (Å²) in [7, 11) is 0. The molecule has 3 aromatic heterocycles. The second-order valence-electron chi connectivity index (χ2n) is 9.29. The van der Waals surface area contributed by atoms with Gasteiger partial charge in [-0.25, -0.2) is 14.6 Å². The first-order chi connectivity index (χ1) is 16.1. The summed E-state index contributed by atoms with van der Waals surface area (Å²) in [6, 6.07) is 14.3. The smallest absolute Gasteiger partial charge is 0.168 e. The van der Waals surface area contributed by atoms with E-state index in [0.29, 0.717) is 5.92 Å². The summed E-state index contributed by atoms with van der Waals surface area (Å²) >= 11 is 0. The van der Waals surface area contributed by atoms with E-state index >= 15 is 0 Å². The Morgan fingerprint density at radius 3 is 2.58 bits per heavy atom. The summed E-state index contributed by atoms with van der Waals surface area (Å²) < 4.78 is 7.55. The van der Waals surface area contributed by atoms with Crippen molar-refractivity contribution in [3.63, 3.8) is 0 Å². The number of furan rings is 1. The van der Waals surface area contributed by atoms with Gasteiger partial charge in [-0.1, -0.05) is 32.0 Å². The van der Waals surface area contributed by atoms with E-state index < -0.39 is 0 Å². The highest BCUT2D eigenvalue weighted by atomic mass is 16.3. The number of hydrogen-bond donors (Lipinski definition) is 0. The Labute approximate surface area is 195 Å². The predicted molar refractivity (Wildman–Crippen MR) is 131 cm³/mol. The van der Waals surface area contributed by atoms with Gasteiger partial charge in [0, 0.05) is 32.6 Å². The van der Waals surface area contributed by atoms with Crippen LogP contribution in [0.25, 0.3) is 16.7 Å². The van der Waals surface area contributed by atoms with E-state index in [0.717, 1.165) is 85.4 Å². The predicted octanol–water partition coefficient (Wildman–Crippen LogP) is 4.63. The summed E-state index contributed by atoms with van der Waals surface area (Å²) in [5.41, 5.74) is 2.89. The standard InChI is InChI=1S/C26H32N6O/c1-19(2)17-23-27-25(31-13-8-12-30(14-15-31)18-22-11-7-16-33-22)24-20(3)29-32(26(24)28-23)21-9-5-4-6-10-21/h4-7,9-11,16,19H,8,12-15,17-18H2,1-3H3. The molecule has 172 valence electrons. The van der Waals surface area contributed by atoms with Gasteiger partial charge >= 0.3 is 0 Å². The van der Waals surface area contributed by atoms with Gasteiger partial charge in [-0.05, 0) is 43.5 Å². The SMILES string of the molecule is Cc1nn(-c2ccccc2)c2nc(CC(C)C)nc(N3CCCN(Cc4ccco4)CC3)c12. The van der Waals surface area contributed by atoms with E-state index in [1.165, 1.54) is 0 Å². The molecule has 5 rings (SSSR count). The summed E-state index contributed by atoms with van der Waals surface area (Å²) in [6.45, 7) is 11.3. The lowest BCUT2D eigenvalue weighted by Gasteiger charge is -2.24. The highest BCUT2D eigenvalue weighted by Gasteiger charge is 2.24. The lowest BCUT2D eigenvalue weighted by atomic mass is 10.1. The Hall–Kier alpha value is -3.19. The average molecular weight is 445 g/mol. The zero-order chi connectivity index (χ0) is 22.8. The first-order valence-electron chi connectivity index (χ1n) is 11.9. The number of nitrogens with zero attached hydrogens (tertiary/aromatic N) is 6. The quantitative estimate of drug-likeness (QED) is 0.432. The highest BCUT2D eigenvalue weighted by molar-refractivity contribution is 5.91. The Kier molecular flexibility index (Phi) is 6.13. The third-order valence-corrected chi connectivity index (χ3v) is 6.17. The maximum atomic E-state index is 5.57. The van der Waals surface area contributed by atoms with Crippen molar-refractivity contribution in [1.82, 2.24) is 24.6 Å². The molecule has 4 aromatic rings. The molecule has 1 aliphatic heterocycles. The van der Waals surface area contributed by atoms with Gasteiger partial charge in [0.1, 0.15) is 17.4 Å². The number of rotatable bonds is 6. The van der Waals surface area contributed by atoms with Crippen LogP contribution >= 0.6 is 0 Å². The number of aromatic nitrogens is 4. The molecule has 0 aliphatic carbocycles. The monoisotopic (exact) mass is 444 g/mol. The van der Waals surface area contributed by atoms with Gasteiger partial charge in [-0.15, -0.1) is 0 Å². The van der Waals surface area contributed by atoms with Gasteiger partial charge in [0.15, 0.2) is 5.65 Å². The molecule has 0 radical (unpaired) electrons. The molecule has 1 aliphatic rings. The van der Waals surface area contributed by atoms with E-state index in [2.05, 4.69) is 48.8 Å². The van der Waals surface area contributed by atoms with Crippen LogP contribution in [0.15, 0.2) is 53.1 Å². The molecule has 0 saturated carbocycles. The van der Waals surface area contributed by atoms with Crippen LogP contribution in [0.2, 0.25) is 0 Å². The van der Waals surface area contributed by atoms with E-state index in [1.54, 1.807) is 6.26 Å². The Bertz CT molecular complexity index is 1200. The number of benzene rings is 1. The van der Waals surface area contributed by atoms with Crippen molar-refractivity contribution < 1.29 is 4.42 Å². The first kappa shape index (κ1) is 21.6. The van der Waals surface area contributed by atoms with Crippen molar-refractivity contribution in [2.24, 2.45) is 5.92 Å². The zero-order valence-electron chi connectivity index (χ0n) is 19.7. The van der Waals surface area contributed by atoms with Gasteiger partial charge in [0.2, 0.25) is 0 Å². The fourth-order valence-corrected chi connectivity index (χ4v) is 4.60. The highest BCUT2D eigenvalue weighted by Crippen LogP contribution is 2.30. The van der Waals surface area contributed by atoms with Crippen molar-refractivity contribution in [2.45, 2.75) is 40.2 Å². The molecule has 1 aromatic carbocycles. The molecule has 7 nitrogen and oxygen atoms in total. The first-order valence-corrected chi connectivity index (χ1v) is 11.9. The molecule has 0 amide bonds. The fourth-order valence-electron chi connectivity index (χ4n) is 4.60. The number of hydrogen-bond acceptors (Lipinski definition) is 6. The maximum absolute atomic E-state index is 5.57. The number of fused-ring (bicyclic) bond motifs is 1. The minimum absolute atomic E-state index is 0.484. The van der Waals surface area contributed by atoms with Crippen molar-refractivity contribution in [1.29, 1.82) is 0 Å². The molecule has 7 heteroatoms. The molecule has 0 bridgehead atoms. The number of aryl methyl sites for hydroxylation is 1. The minimum atomic E-state index is 0.484. The third kappa shape index (κ3) is 4.64. The Morgan fingerprint density at radius 1 is 0.970 bits per heavy atom. The average Bonchev–Trinajstić information content (AvgIpc) is 3.36. The number of para-hydroxylation sites is 1. The molecule has 1 fully saturated rings. The molecule has 0 N–H and O–H groups in total. The summed E-state index contributed by atoms with van der Waals surface area (Å²) in [5, 5.41) is 5.95. The van der Waals surface area contributed by atoms with Crippen LogP contribution in [0.1, 0.15) is 37.5 Å². The molecule has 0 spiro atoms. The summed E-state index contributed by atoms with van der Waals surface area (Å²) in [5.74, 6) is 3.42. The van der Waals surface area contributed by atoms with Crippen LogP contribution < -0.4 is 4.90 Å². The molecular formula is C26H32N6O. The Balaban J connectivity index is 1.52. The van der Waals surface area contributed by atoms with Crippen molar-refractivity contribution >= 4 is 16.9 Å². The lowest BCUT2D eigenvalue weighted by Crippen LogP contribution is -2.31. The van der Waals surface area contributed by atoms with E-state index in [9.17, 15) is 0 Å². The molecule has 0 unspecified atom stereocenters. The van der Waals surface area contributed by atoms with Crippen LogP contribution in [-0.2, 0) is 13.0 Å². The minimum Gasteiger partial charge on any atom is -0.468 e. The fraction of sp³-hybridized carbons (Fsp3) is 0.423. The second kappa shape index (κ2) is 9.35. The maximum Gasteiger partial charge on any atom is 0.168 e. The van der Waals surface area contributed by atoms with E-state index in [1.807, 2.05) is 28.9 Å². The van der Waals surface area contributed by atoms with Crippen molar-refractivity contribution in [3.05, 3.63) is 66.0 Å². The second-order valence-corrected chi connectivity index (χ2v) is 9.29. The molecule has 4 heterocycles. The van der Waals surface area contributed by atoms with Gasteiger partial charge in [-0.3, -0.25) is 4.90 Å². The van der Waals surface area contributed by atoms with Gasteiger partial charge in [0.25, 0.3) is 0 Å². The van der Waals surface area contributed by atoms with Crippen molar-refractivity contribution in [3.8, 4) is 5.69 Å². The van der Waals surface area contributed by atoms with Crippen LogP contribution in [0.3, 0.4) is 0 Å². The van der Waals surface area contributed by atoms with Gasteiger partial charge < -0.3 is 9.32 Å². The topological polar surface area (TPSA) is 63.2 Å². The molecule has 33 heavy (non-hydrogen) atoms. The largest absolute Gasteiger partial charge is 0.468 e. The van der Waals surface area contributed by atoms with Crippen LogP contribution in [0.4, 0.5) is 5.82 Å². The summed E-state index contributed by atoms with van der Waals surface area (Å²) in [4.78, 5) is 15.0. The van der Waals surface area contributed by atoms with Gasteiger partial charge in [-0.2, -0.15) is 5.10 Å². The van der Waals surface area contributed by atoms with E-state index in [4.69, 9.17) is 19.5 Å².